The standard InChI is InChI=1S/C22H22N2O6S/c1-4-19(25)30-17-8-7-14(12-18(17)28-5-2)11-15(13-23)20(26)24-21-16(9-10-31-21)22(27)29-6-3/h7-12H,4-6H2,1-3H3,(H,24,26)/b15-11+. The Morgan fingerprint density at radius 2 is 1.90 bits per heavy atom. The molecule has 0 fully saturated rings. The molecule has 0 bridgehead atoms. The van der Waals surface area contributed by atoms with Crippen molar-refractivity contribution in [3.05, 3.63) is 46.3 Å². The van der Waals surface area contributed by atoms with Crippen LogP contribution in [0.25, 0.3) is 6.08 Å². The van der Waals surface area contributed by atoms with Crippen LogP contribution in [0.5, 0.6) is 11.5 Å². The van der Waals surface area contributed by atoms with E-state index in [-0.39, 0.29) is 29.9 Å². The normalized spacial score (nSPS) is 10.7. The van der Waals surface area contributed by atoms with Crippen LogP contribution in [0.4, 0.5) is 5.00 Å². The lowest BCUT2D eigenvalue weighted by molar-refractivity contribution is -0.134. The van der Waals surface area contributed by atoms with Crippen molar-refractivity contribution in [1.29, 1.82) is 5.26 Å². The molecule has 1 aromatic heterocycles. The van der Waals surface area contributed by atoms with E-state index in [9.17, 15) is 19.6 Å². The quantitative estimate of drug-likeness (QED) is 0.268. The average molecular weight is 442 g/mol. The van der Waals surface area contributed by atoms with Crippen molar-refractivity contribution < 1.29 is 28.6 Å². The third-order valence-electron chi connectivity index (χ3n) is 3.84. The predicted molar refractivity (Wildman–Crippen MR) is 116 cm³/mol. The Hall–Kier alpha value is -3.64. The number of carbonyl (C=O) groups is 3. The Morgan fingerprint density at radius 3 is 2.55 bits per heavy atom. The second kappa shape index (κ2) is 11.5. The van der Waals surface area contributed by atoms with Gasteiger partial charge in [-0.05, 0) is 49.1 Å². The van der Waals surface area contributed by atoms with E-state index < -0.39 is 17.8 Å². The van der Waals surface area contributed by atoms with Crippen molar-refractivity contribution in [3.63, 3.8) is 0 Å². The minimum atomic E-state index is -0.671. The number of nitrogens with zero attached hydrogens (tertiary/aromatic N) is 1. The van der Waals surface area contributed by atoms with E-state index in [4.69, 9.17) is 14.2 Å². The lowest BCUT2D eigenvalue weighted by Gasteiger charge is -2.11. The lowest BCUT2D eigenvalue weighted by Crippen LogP contribution is -2.15. The number of hydrogen-bond acceptors (Lipinski definition) is 8. The fourth-order valence-corrected chi connectivity index (χ4v) is 3.19. The molecule has 0 aliphatic rings. The van der Waals surface area contributed by atoms with E-state index in [1.807, 2.05) is 6.07 Å². The van der Waals surface area contributed by atoms with Crippen LogP contribution in [0.3, 0.4) is 0 Å². The molecule has 0 aliphatic carbocycles. The number of amides is 1. The fraction of sp³-hybridized carbons (Fsp3) is 0.273. The number of esters is 2. The van der Waals surface area contributed by atoms with Crippen molar-refractivity contribution in [2.75, 3.05) is 18.5 Å². The van der Waals surface area contributed by atoms with Crippen LogP contribution in [0, 0.1) is 11.3 Å². The summed E-state index contributed by atoms with van der Waals surface area (Å²) in [5, 5.41) is 14.0. The van der Waals surface area contributed by atoms with Crippen LogP contribution in [0.1, 0.15) is 43.1 Å². The van der Waals surface area contributed by atoms with E-state index >= 15 is 0 Å². The Balaban J connectivity index is 2.27. The molecule has 9 heteroatoms. The first-order chi connectivity index (χ1) is 14.9. The van der Waals surface area contributed by atoms with Crippen molar-refractivity contribution in [2.45, 2.75) is 27.2 Å². The van der Waals surface area contributed by atoms with Gasteiger partial charge in [0.1, 0.15) is 16.6 Å². The van der Waals surface area contributed by atoms with E-state index in [0.717, 1.165) is 11.3 Å². The number of anilines is 1. The van der Waals surface area contributed by atoms with Gasteiger partial charge in [-0.25, -0.2) is 4.79 Å². The van der Waals surface area contributed by atoms with Gasteiger partial charge >= 0.3 is 11.9 Å². The first-order valence-corrected chi connectivity index (χ1v) is 10.5. The summed E-state index contributed by atoms with van der Waals surface area (Å²) in [6, 6.07) is 8.10. The highest BCUT2D eigenvalue weighted by molar-refractivity contribution is 7.14. The van der Waals surface area contributed by atoms with Crippen molar-refractivity contribution in [3.8, 4) is 17.6 Å². The van der Waals surface area contributed by atoms with Crippen molar-refractivity contribution >= 4 is 40.3 Å². The van der Waals surface area contributed by atoms with Gasteiger partial charge in [-0.1, -0.05) is 13.0 Å². The molecule has 0 spiro atoms. The van der Waals surface area contributed by atoms with Crippen molar-refractivity contribution in [2.24, 2.45) is 0 Å². The Bertz CT molecular complexity index is 1030. The first-order valence-electron chi connectivity index (χ1n) is 9.58. The van der Waals surface area contributed by atoms with Crippen LogP contribution < -0.4 is 14.8 Å². The smallest absolute Gasteiger partial charge is 0.341 e. The summed E-state index contributed by atoms with van der Waals surface area (Å²) < 4.78 is 15.7. The number of nitrogens with one attached hydrogen (secondary N) is 1. The zero-order chi connectivity index (χ0) is 22.8. The largest absolute Gasteiger partial charge is 0.490 e. The molecule has 8 nitrogen and oxygen atoms in total. The maximum absolute atomic E-state index is 12.6. The van der Waals surface area contributed by atoms with Gasteiger partial charge < -0.3 is 19.5 Å². The zero-order valence-electron chi connectivity index (χ0n) is 17.4. The molecule has 1 N–H and O–H groups in total. The molecular formula is C22H22N2O6S. The summed E-state index contributed by atoms with van der Waals surface area (Å²) in [4.78, 5) is 36.2. The Kier molecular flexibility index (Phi) is 8.78. The third-order valence-corrected chi connectivity index (χ3v) is 4.67. The summed E-state index contributed by atoms with van der Waals surface area (Å²) in [7, 11) is 0. The molecule has 0 atom stereocenters. The number of thiophene rings is 1. The van der Waals surface area contributed by atoms with Crippen LogP contribution in [-0.4, -0.2) is 31.1 Å². The molecule has 0 saturated heterocycles. The van der Waals surface area contributed by atoms with Gasteiger partial charge in [0, 0.05) is 6.42 Å². The van der Waals surface area contributed by atoms with Gasteiger partial charge in [-0.2, -0.15) is 5.26 Å². The Morgan fingerprint density at radius 1 is 1.13 bits per heavy atom. The fourth-order valence-electron chi connectivity index (χ4n) is 2.42. The minimum Gasteiger partial charge on any atom is -0.490 e. The van der Waals surface area contributed by atoms with Gasteiger partial charge in [0.15, 0.2) is 11.5 Å². The SMILES string of the molecule is CCOC(=O)c1ccsc1NC(=O)/C(C#N)=C/c1ccc(OC(=O)CC)c(OCC)c1. The summed E-state index contributed by atoms with van der Waals surface area (Å²) >= 11 is 1.15. The van der Waals surface area contributed by atoms with E-state index in [1.165, 1.54) is 12.1 Å². The number of nitriles is 1. The summed E-state index contributed by atoms with van der Waals surface area (Å²) in [6.45, 7) is 5.69. The third kappa shape index (κ3) is 6.42. The number of ether oxygens (including phenoxy) is 3. The van der Waals surface area contributed by atoms with Crippen LogP contribution in [0.2, 0.25) is 0 Å². The molecule has 0 unspecified atom stereocenters. The Labute approximate surface area is 184 Å². The maximum Gasteiger partial charge on any atom is 0.341 e. The molecule has 1 heterocycles. The zero-order valence-corrected chi connectivity index (χ0v) is 18.2. The second-order valence-corrected chi connectivity index (χ2v) is 6.89. The molecule has 2 rings (SSSR count). The van der Waals surface area contributed by atoms with Crippen molar-refractivity contribution in [1.82, 2.24) is 0 Å². The average Bonchev–Trinajstić information content (AvgIpc) is 3.22. The molecule has 0 saturated carbocycles. The molecule has 1 amide bonds. The predicted octanol–water partition coefficient (Wildman–Crippen LogP) is 4.18. The molecule has 31 heavy (non-hydrogen) atoms. The number of carbonyl (C=O) groups excluding carboxylic acids is 3. The monoisotopic (exact) mass is 442 g/mol. The number of benzene rings is 1. The van der Waals surface area contributed by atoms with Gasteiger partial charge in [0.2, 0.25) is 0 Å². The highest BCUT2D eigenvalue weighted by Crippen LogP contribution is 2.30. The van der Waals surface area contributed by atoms with Gasteiger partial charge in [0.05, 0.1) is 18.8 Å². The van der Waals surface area contributed by atoms with Gasteiger partial charge in [-0.3, -0.25) is 9.59 Å². The van der Waals surface area contributed by atoms with Crippen LogP contribution in [0.15, 0.2) is 35.2 Å². The van der Waals surface area contributed by atoms with Crippen LogP contribution in [-0.2, 0) is 14.3 Å². The second-order valence-electron chi connectivity index (χ2n) is 5.97. The summed E-state index contributed by atoms with van der Waals surface area (Å²) in [6.07, 6.45) is 1.59. The summed E-state index contributed by atoms with van der Waals surface area (Å²) in [5.74, 6) is -1.06. The molecule has 162 valence electrons. The maximum atomic E-state index is 12.6. The van der Waals surface area contributed by atoms with E-state index in [2.05, 4.69) is 5.32 Å². The molecule has 2 aromatic rings. The number of rotatable bonds is 9. The first kappa shape index (κ1) is 23.6. The molecule has 1 aromatic carbocycles. The molecule has 0 radical (unpaired) electrons. The van der Waals surface area contributed by atoms with Gasteiger partial charge in [-0.15, -0.1) is 11.3 Å². The highest BCUT2D eigenvalue weighted by atomic mass is 32.1. The molecule has 0 aliphatic heterocycles. The lowest BCUT2D eigenvalue weighted by atomic mass is 10.1. The summed E-state index contributed by atoms with van der Waals surface area (Å²) in [5.41, 5.74) is 0.547. The van der Waals surface area contributed by atoms with Gasteiger partial charge in [0.25, 0.3) is 5.91 Å². The van der Waals surface area contributed by atoms with E-state index in [1.54, 1.807) is 44.4 Å². The molecular weight excluding hydrogens is 420 g/mol. The number of hydrogen-bond donors (Lipinski definition) is 1. The minimum absolute atomic E-state index is 0.177. The van der Waals surface area contributed by atoms with Crippen LogP contribution >= 0.6 is 11.3 Å². The topological polar surface area (TPSA) is 115 Å². The highest BCUT2D eigenvalue weighted by Gasteiger charge is 2.18. The van der Waals surface area contributed by atoms with E-state index in [0.29, 0.717) is 22.9 Å².